The predicted molar refractivity (Wildman–Crippen MR) is 73.4 cm³/mol. The van der Waals surface area contributed by atoms with Gasteiger partial charge in [0.1, 0.15) is 0 Å². The molecule has 0 fully saturated rings. The van der Waals surface area contributed by atoms with E-state index in [1.807, 2.05) is 0 Å². The Bertz CT molecular complexity index is 569. The van der Waals surface area contributed by atoms with Crippen molar-refractivity contribution in [1.29, 1.82) is 0 Å². The maximum absolute atomic E-state index is 12.3. The second-order valence-electron chi connectivity index (χ2n) is 4.81. The van der Waals surface area contributed by atoms with Crippen LogP contribution in [0.4, 0.5) is 0 Å². The largest absolute Gasteiger partial charge is 0.466 e. The zero-order valence-corrected chi connectivity index (χ0v) is 11.7. The molecule has 2 rings (SSSR count). The van der Waals surface area contributed by atoms with Gasteiger partial charge in [-0.15, -0.1) is 0 Å². The van der Waals surface area contributed by atoms with Gasteiger partial charge in [0.2, 0.25) is 5.91 Å². The van der Waals surface area contributed by atoms with Crippen molar-refractivity contribution >= 4 is 17.8 Å². The van der Waals surface area contributed by atoms with Gasteiger partial charge < -0.3 is 9.84 Å². The number of hydrogen-bond acceptors (Lipinski definition) is 5. The molecule has 1 heterocycles. The summed E-state index contributed by atoms with van der Waals surface area (Å²) < 4.78 is 4.72. The van der Waals surface area contributed by atoms with Gasteiger partial charge in [-0.2, -0.15) is 0 Å². The molecule has 1 aliphatic rings. The molecular weight excluding hydrogens is 274 g/mol. The second kappa shape index (κ2) is 6.49. The molecule has 6 nitrogen and oxygen atoms in total. The lowest BCUT2D eigenvalue weighted by molar-refractivity contribution is -0.146. The van der Waals surface area contributed by atoms with Gasteiger partial charge in [-0.05, 0) is 18.6 Å². The number of amides is 2. The maximum atomic E-state index is 12.3. The van der Waals surface area contributed by atoms with E-state index >= 15 is 0 Å². The molecule has 0 saturated carbocycles. The van der Waals surface area contributed by atoms with Crippen LogP contribution in [0.3, 0.4) is 0 Å². The summed E-state index contributed by atoms with van der Waals surface area (Å²) in [6.45, 7) is 1.68. The average molecular weight is 291 g/mol. The Kier molecular flexibility index (Phi) is 4.70. The van der Waals surface area contributed by atoms with Gasteiger partial charge in [-0.3, -0.25) is 19.3 Å². The van der Waals surface area contributed by atoms with Gasteiger partial charge in [0.25, 0.3) is 5.91 Å². The van der Waals surface area contributed by atoms with Crippen LogP contribution < -0.4 is 0 Å². The third-order valence-electron chi connectivity index (χ3n) is 3.24. The van der Waals surface area contributed by atoms with E-state index in [-0.39, 0.29) is 31.9 Å². The highest BCUT2D eigenvalue weighted by Crippen LogP contribution is 2.20. The Balaban J connectivity index is 2.05. The van der Waals surface area contributed by atoms with Gasteiger partial charge in [0.05, 0.1) is 32.1 Å². The number of hydrogen-bond donors (Lipinski definition) is 1. The zero-order valence-electron chi connectivity index (χ0n) is 11.7. The highest BCUT2D eigenvalue weighted by atomic mass is 16.5. The molecule has 0 spiro atoms. The minimum absolute atomic E-state index is 0.119. The molecule has 112 valence electrons. The number of ether oxygens (including phenoxy) is 1. The molecule has 21 heavy (non-hydrogen) atoms. The first-order valence-electron chi connectivity index (χ1n) is 6.79. The van der Waals surface area contributed by atoms with Crippen molar-refractivity contribution in [2.75, 3.05) is 13.2 Å². The van der Waals surface area contributed by atoms with Crippen LogP contribution in [-0.2, 0) is 20.7 Å². The molecule has 6 heteroatoms. The second-order valence-corrected chi connectivity index (χ2v) is 4.81. The fourth-order valence-corrected chi connectivity index (χ4v) is 2.27. The number of rotatable bonds is 5. The summed E-state index contributed by atoms with van der Waals surface area (Å²) in [6, 6.07) is 6.87. The monoisotopic (exact) mass is 291 g/mol. The van der Waals surface area contributed by atoms with Crippen molar-refractivity contribution in [2.45, 2.75) is 25.9 Å². The number of carbonyl (C=O) groups is 3. The fourth-order valence-electron chi connectivity index (χ4n) is 2.27. The normalized spacial score (nSPS) is 15.6. The van der Waals surface area contributed by atoms with Crippen LogP contribution >= 0.6 is 0 Å². The average Bonchev–Trinajstić information content (AvgIpc) is 2.43. The zero-order chi connectivity index (χ0) is 15.4. The number of fused-ring (bicyclic) bond motifs is 1. The van der Waals surface area contributed by atoms with E-state index in [1.165, 1.54) is 0 Å². The van der Waals surface area contributed by atoms with Gasteiger partial charge in [0.15, 0.2) is 0 Å². The van der Waals surface area contributed by atoms with E-state index in [0.717, 1.165) is 4.90 Å². The maximum Gasteiger partial charge on any atom is 0.308 e. The van der Waals surface area contributed by atoms with E-state index in [1.54, 1.807) is 31.2 Å². The SMILES string of the molecule is CCOC(=O)CC(O)CN1C(=O)Cc2ccccc2C1=O. The van der Waals surface area contributed by atoms with E-state index < -0.39 is 18.0 Å². The van der Waals surface area contributed by atoms with Gasteiger partial charge in [-0.25, -0.2) is 0 Å². The van der Waals surface area contributed by atoms with Gasteiger partial charge in [-0.1, -0.05) is 18.2 Å². The molecule has 1 aromatic rings. The predicted octanol–water partition coefficient (Wildman–Crippen LogP) is 0.526. The molecule has 1 aliphatic heterocycles. The highest BCUT2D eigenvalue weighted by Gasteiger charge is 2.32. The summed E-state index contributed by atoms with van der Waals surface area (Å²) in [7, 11) is 0. The van der Waals surface area contributed by atoms with Crippen LogP contribution in [0.15, 0.2) is 24.3 Å². The van der Waals surface area contributed by atoms with Crippen molar-refractivity contribution in [1.82, 2.24) is 4.90 Å². The molecule has 2 amide bonds. The van der Waals surface area contributed by atoms with Gasteiger partial charge in [0, 0.05) is 5.56 Å². The van der Waals surface area contributed by atoms with E-state index in [9.17, 15) is 19.5 Å². The minimum Gasteiger partial charge on any atom is -0.466 e. The Morgan fingerprint density at radius 3 is 2.81 bits per heavy atom. The Morgan fingerprint density at radius 1 is 1.38 bits per heavy atom. The Labute approximate surface area is 122 Å². The number of aliphatic hydroxyl groups excluding tert-OH is 1. The summed E-state index contributed by atoms with van der Waals surface area (Å²) in [5.41, 5.74) is 1.14. The standard InChI is InChI=1S/C15H17NO5/c1-2-21-14(19)8-11(17)9-16-13(18)7-10-5-3-4-6-12(10)15(16)20/h3-6,11,17H,2,7-9H2,1H3. The van der Waals surface area contributed by atoms with Crippen molar-refractivity contribution in [2.24, 2.45) is 0 Å². The van der Waals surface area contributed by atoms with Crippen LogP contribution in [0.1, 0.15) is 29.3 Å². The number of β-amino-alcohol motifs (C(OH)–C–C–N with tert-alkyl or cyclic N) is 1. The van der Waals surface area contributed by atoms with Crippen LogP contribution in [0, 0.1) is 0 Å². The lowest BCUT2D eigenvalue weighted by Gasteiger charge is -2.28. The summed E-state index contributed by atoms with van der Waals surface area (Å²) in [6.07, 6.45) is -1.25. The number of esters is 1. The van der Waals surface area contributed by atoms with Crippen molar-refractivity contribution in [3.05, 3.63) is 35.4 Å². The molecule has 1 N–H and O–H groups in total. The summed E-state index contributed by atoms with van der Waals surface area (Å²) in [5.74, 6) is -1.37. The van der Waals surface area contributed by atoms with Crippen LogP contribution in [0.2, 0.25) is 0 Å². The number of nitrogens with zero attached hydrogens (tertiary/aromatic N) is 1. The lowest BCUT2D eigenvalue weighted by atomic mass is 9.98. The van der Waals surface area contributed by atoms with E-state index in [2.05, 4.69) is 0 Å². The molecule has 0 aromatic heterocycles. The minimum atomic E-state index is -1.12. The summed E-state index contributed by atoms with van der Waals surface area (Å²) in [4.78, 5) is 36.5. The van der Waals surface area contributed by atoms with Crippen LogP contribution in [0.5, 0.6) is 0 Å². The van der Waals surface area contributed by atoms with Crippen molar-refractivity contribution < 1.29 is 24.2 Å². The fraction of sp³-hybridized carbons (Fsp3) is 0.400. The number of carbonyl (C=O) groups excluding carboxylic acids is 3. The topological polar surface area (TPSA) is 83.9 Å². The first-order chi connectivity index (χ1) is 10.0. The molecule has 1 unspecified atom stereocenters. The quantitative estimate of drug-likeness (QED) is 0.632. The van der Waals surface area contributed by atoms with Gasteiger partial charge >= 0.3 is 5.97 Å². The third kappa shape index (κ3) is 3.46. The third-order valence-corrected chi connectivity index (χ3v) is 3.24. The molecule has 0 radical (unpaired) electrons. The van der Waals surface area contributed by atoms with E-state index in [0.29, 0.717) is 11.1 Å². The van der Waals surface area contributed by atoms with E-state index in [4.69, 9.17) is 4.74 Å². The first-order valence-corrected chi connectivity index (χ1v) is 6.79. The molecule has 0 aliphatic carbocycles. The highest BCUT2D eigenvalue weighted by molar-refractivity contribution is 6.09. The van der Waals surface area contributed by atoms with Crippen molar-refractivity contribution in [3.63, 3.8) is 0 Å². The molecule has 0 bridgehead atoms. The first kappa shape index (κ1) is 15.2. The van der Waals surface area contributed by atoms with Crippen LogP contribution in [-0.4, -0.2) is 47.0 Å². The molecule has 1 aromatic carbocycles. The molecule has 0 saturated heterocycles. The lowest BCUT2D eigenvalue weighted by Crippen LogP contribution is -2.46. The van der Waals surface area contributed by atoms with Crippen molar-refractivity contribution in [3.8, 4) is 0 Å². The number of aliphatic hydroxyl groups is 1. The molecular formula is C15H17NO5. The smallest absolute Gasteiger partial charge is 0.308 e. The summed E-state index contributed by atoms with van der Waals surface area (Å²) in [5, 5.41) is 9.84. The molecule has 1 atom stereocenters. The van der Waals surface area contributed by atoms with Crippen LogP contribution in [0.25, 0.3) is 0 Å². The Hall–Kier alpha value is -2.21. The number of benzene rings is 1. The Morgan fingerprint density at radius 2 is 2.10 bits per heavy atom. The summed E-state index contributed by atoms with van der Waals surface area (Å²) >= 11 is 0. The number of imide groups is 1.